The number of rotatable bonds is 16. The summed E-state index contributed by atoms with van der Waals surface area (Å²) in [5.41, 5.74) is 10.8. The highest BCUT2D eigenvalue weighted by Gasteiger charge is 2.43. The van der Waals surface area contributed by atoms with Gasteiger partial charge in [0.25, 0.3) is 10.1 Å². The van der Waals surface area contributed by atoms with E-state index in [9.17, 15) is 13.9 Å². The molecule has 0 aliphatic rings. The molecule has 0 radical (unpaired) electrons. The van der Waals surface area contributed by atoms with Gasteiger partial charge in [-0.2, -0.15) is 8.42 Å². The smallest absolute Gasteiger partial charge is 0.264 e. The summed E-state index contributed by atoms with van der Waals surface area (Å²) in [6.45, 7) is 1.98. The Balaban J connectivity index is 1.89. The predicted molar refractivity (Wildman–Crippen MR) is 144 cm³/mol. The van der Waals surface area contributed by atoms with E-state index in [1.807, 2.05) is 91.0 Å². The average Bonchev–Trinajstić information content (AvgIpc) is 2.92. The number of nitrogens with zero attached hydrogens (tertiary/aromatic N) is 3. The Hall–Kier alpha value is -3.24. The van der Waals surface area contributed by atoms with Crippen molar-refractivity contribution < 1.29 is 26.8 Å². The van der Waals surface area contributed by atoms with Crippen LogP contribution in [0.2, 0.25) is 0 Å². The maximum atomic E-state index is 12.0. The van der Waals surface area contributed by atoms with Crippen molar-refractivity contribution in [1.29, 1.82) is 0 Å². The second-order valence-corrected chi connectivity index (χ2v) is 10.7. The SMILES string of the molecule is C[C@@](COS(C)(=O)=O)(OCc1ccccc1)[C@H](OCc1ccccc1)[C@@H](COCc1ccccc1)N=[N+]=[N-]. The van der Waals surface area contributed by atoms with Gasteiger partial charge in [-0.05, 0) is 29.1 Å². The molecular formula is C28H33N3O6S. The largest absolute Gasteiger partial charge is 0.376 e. The number of hydrogen-bond donors (Lipinski definition) is 0. The van der Waals surface area contributed by atoms with Crippen LogP contribution in [-0.2, 0) is 48.3 Å². The molecular weight excluding hydrogens is 506 g/mol. The third kappa shape index (κ3) is 9.90. The van der Waals surface area contributed by atoms with Crippen molar-refractivity contribution in [2.75, 3.05) is 19.5 Å². The Morgan fingerprint density at radius 3 is 1.84 bits per heavy atom. The maximum absolute atomic E-state index is 12.0. The lowest BCUT2D eigenvalue weighted by Crippen LogP contribution is -2.54. The molecule has 3 aromatic rings. The molecule has 202 valence electrons. The van der Waals surface area contributed by atoms with Gasteiger partial charge in [0.15, 0.2) is 0 Å². The van der Waals surface area contributed by atoms with Crippen LogP contribution >= 0.6 is 0 Å². The molecule has 3 aromatic carbocycles. The molecule has 0 spiro atoms. The molecule has 0 N–H and O–H groups in total. The summed E-state index contributed by atoms with van der Waals surface area (Å²) in [6.07, 6.45) is 0.0538. The van der Waals surface area contributed by atoms with Gasteiger partial charge in [-0.3, -0.25) is 4.18 Å². The molecule has 3 atom stereocenters. The minimum atomic E-state index is -3.80. The zero-order chi connectivity index (χ0) is 27.3. The molecule has 38 heavy (non-hydrogen) atoms. The highest BCUT2D eigenvalue weighted by Crippen LogP contribution is 2.28. The molecule has 3 rings (SSSR count). The highest BCUT2D eigenvalue weighted by atomic mass is 32.2. The van der Waals surface area contributed by atoms with E-state index in [1.54, 1.807) is 6.92 Å². The molecule has 0 bridgehead atoms. The van der Waals surface area contributed by atoms with Gasteiger partial charge in [0.1, 0.15) is 5.60 Å². The monoisotopic (exact) mass is 539 g/mol. The molecule has 0 saturated heterocycles. The van der Waals surface area contributed by atoms with E-state index in [2.05, 4.69) is 10.0 Å². The van der Waals surface area contributed by atoms with Crippen LogP contribution in [0.4, 0.5) is 0 Å². The van der Waals surface area contributed by atoms with Crippen LogP contribution in [0.5, 0.6) is 0 Å². The second-order valence-electron chi connectivity index (χ2n) is 9.04. The second kappa shape index (κ2) is 14.6. The van der Waals surface area contributed by atoms with E-state index in [0.29, 0.717) is 6.61 Å². The standard InChI is InChI=1S/C28H33N3O6S/c1-28(22-37-38(2,32)33,36-20-25-16-10-5-11-17-25)27(35-19-24-14-8-4-9-15-24)26(30-31-29)21-34-18-23-12-6-3-7-13-23/h3-17,26-27H,18-22H2,1-2H3/t26-,27-,28+/m1/s1. The molecule has 0 heterocycles. The van der Waals surface area contributed by atoms with Crippen LogP contribution < -0.4 is 0 Å². The van der Waals surface area contributed by atoms with Crippen molar-refractivity contribution in [2.24, 2.45) is 5.11 Å². The van der Waals surface area contributed by atoms with Crippen molar-refractivity contribution in [1.82, 2.24) is 0 Å². The van der Waals surface area contributed by atoms with Gasteiger partial charge in [-0.1, -0.05) is 96.1 Å². The van der Waals surface area contributed by atoms with Gasteiger partial charge in [0.2, 0.25) is 0 Å². The van der Waals surface area contributed by atoms with Gasteiger partial charge in [-0.25, -0.2) is 0 Å². The van der Waals surface area contributed by atoms with Crippen molar-refractivity contribution in [2.45, 2.75) is 44.5 Å². The molecule has 0 aliphatic heterocycles. The van der Waals surface area contributed by atoms with Crippen LogP contribution in [-0.4, -0.2) is 45.6 Å². The molecule has 9 nitrogen and oxygen atoms in total. The third-order valence-electron chi connectivity index (χ3n) is 5.79. The summed E-state index contributed by atoms with van der Waals surface area (Å²) in [6, 6.07) is 27.7. The molecule has 0 unspecified atom stereocenters. The fourth-order valence-corrected chi connectivity index (χ4v) is 4.27. The quantitative estimate of drug-likeness (QED) is 0.104. The Morgan fingerprint density at radius 2 is 1.34 bits per heavy atom. The predicted octanol–water partition coefficient (Wildman–Crippen LogP) is 5.42. The van der Waals surface area contributed by atoms with Gasteiger partial charge < -0.3 is 14.2 Å². The van der Waals surface area contributed by atoms with Crippen LogP contribution in [0.3, 0.4) is 0 Å². The van der Waals surface area contributed by atoms with Crippen molar-refractivity contribution >= 4 is 10.1 Å². The van der Waals surface area contributed by atoms with Crippen LogP contribution in [0.1, 0.15) is 23.6 Å². The lowest BCUT2D eigenvalue weighted by atomic mass is 9.93. The fourth-order valence-electron chi connectivity index (χ4n) is 3.83. The normalized spacial score (nSPS) is 14.7. The summed E-state index contributed by atoms with van der Waals surface area (Å²) in [5.74, 6) is 0. The van der Waals surface area contributed by atoms with E-state index in [-0.39, 0.29) is 26.4 Å². The van der Waals surface area contributed by atoms with Gasteiger partial charge in [-0.15, -0.1) is 0 Å². The van der Waals surface area contributed by atoms with Gasteiger partial charge >= 0.3 is 0 Å². The van der Waals surface area contributed by atoms with E-state index in [1.165, 1.54) is 0 Å². The summed E-state index contributed by atoms with van der Waals surface area (Å²) in [7, 11) is -3.80. The summed E-state index contributed by atoms with van der Waals surface area (Å²) in [5, 5.41) is 3.98. The van der Waals surface area contributed by atoms with Crippen LogP contribution in [0.15, 0.2) is 96.1 Å². The van der Waals surface area contributed by atoms with Crippen molar-refractivity contribution in [3.8, 4) is 0 Å². The maximum Gasteiger partial charge on any atom is 0.264 e. The van der Waals surface area contributed by atoms with E-state index in [4.69, 9.17) is 18.4 Å². The van der Waals surface area contributed by atoms with E-state index in [0.717, 1.165) is 22.9 Å². The zero-order valence-corrected chi connectivity index (χ0v) is 22.4. The minimum Gasteiger partial charge on any atom is -0.376 e. The van der Waals surface area contributed by atoms with E-state index < -0.39 is 27.9 Å². The third-order valence-corrected chi connectivity index (χ3v) is 6.34. The number of ether oxygens (including phenoxy) is 3. The Kier molecular flexibility index (Phi) is 11.3. The first-order valence-electron chi connectivity index (χ1n) is 12.1. The Bertz CT molecular complexity index is 1260. The van der Waals surface area contributed by atoms with Crippen molar-refractivity contribution in [3.05, 3.63) is 118 Å². The summed E-state index contributed by atoms with van der Waals surface area (Å²) < 4.78 is 47.6. The summed E-state index contributed by atoms with van der Waals surface area (Å²) >= 11 is 0. The van der Waals surface area contributed by atoms with Crippen LogP contribution in [0, 0.1) is 0 Å². The summed E-state index contributed by atoms with van der Waals surface area (Å²) in [4.78, 5) is 3.03. The number of hydrogen-bond acceptors (Lipinski definition) is 7. The first kappa shape index (κ1) is 29.3. The number of benzene rings is 3. The molecule has 0 fully saturated rings. The molecule has 10 heteroatoms. The first-order valence-corrected chi connectivity index (χ1v) is 13.9. The Labute approximate surface area is 224 Å². The first-order chi connectivity index (χ1) is 18.3. The number of azide groups is 1. The molecule has 0 aromatic heterocycles. The van der Waals surface area contributed by atoms with Crippen molar-refractivity contribution in [3.63, 3.8) is 0 Å². The van der Waals surface area contributed by atoms with E-state index >= 15 is 0 Å². The fraction of sp³-hybridized carbons (Fsp3) is 0.357. The minimum absolute atomic E-state index is 0.0154. The molecule has 0 saturated carbocycles. The molecule has 0 aliphatic carbocycles. The lowest BCUT2D eigenvalue weighted by Gasteiger charge is -2.39. The Morgan fingerprint density at radius 1 is 0.842 bits per heavy atom. The molecule has 0 amide bonds. The lowest BCUT2D eigenvalue weighted by molar-refractivity contribution is -0.174. The average molecular weight is 540 g/mol. The van der Waals surface area contributed by atoms with Gasteiger partial charge in [0, 0.05) is 4.91 Å². The van der Waals surface area contributed by atoms with Gasteiger partial charge in [0.05, 0.1) is 51.4 Å². The van der Waals surface area contributed by atoms with Crippen LogP contribution in [0.25, 0.3) is 10.4 Å². The zero-order valence-electron chi connectivity index (χ0n) is 21.5. The topological polar surface area (TPSA) is 120 Å². The highest BCUT2D eigenvalue weighted by molar-refractivity contribution is 7.85.